The van der Waals surface area contributed by atoms with Gasteiger partial charge in [0.1, 0.15) is 24.1 Å². The van der Waals surface area contributed by atoms with E-state index < -0.39 is 12.0 Å². The molecular weight excluding hydrogens is 448 g/mol. The molecule has 176 valence electrons. The molecule has 7 rings (SSSR count). The fourth-order valence-corrected chi connectivity index (χ4v) is 7.68. The zero-order valence-corrected chi connectivity index (χ0v) is 19.3. The smallest absolute Gasteiger partial charge is 0.319 e. The summed E-state index contributed by atoms with van der Waals surface area (Å²) >= 11 is 6.19. The summed E-state index contributed by atoms with van der Waals surface area (Å²) < 4.78 is 35.6. The quantitative estimate of drug-likeness (QED) is 0.616. The lowest BCUT2D eigenvalue weighted by Gasteiger charge is -2.40. The Balaban J connectivity index is 1.31. The third-order valence-electron chi connectivity index (χ3n) is 8.94. The van der Waals surface area contributed by atoms with Gasteiger partial charge in [0.2, 0.25) is 0 Å². The number of hydrogen-bond donors (Lipinski definition) is 0. The largest absolute Gasteiger partial charge is 0.461 e. The molecule has 0 N–H and O–H groups in total. The number of nitrogens with zero attached hydrogens (tertiary/aromatic N) is 5. The molecule has 6 heterocycles. The van der Waals surface area contributed by atoms with Crippen LogP contribution in [-0.2, 0) is 6.42 Å². The number of halogens is 3. The van der Waals surface area contributed by atoms with Gasteiger partial charge in [-0.1, -0.05) is 11.6 Å². The number of hydrogen-bond acceptors (Lipinski definition) is 6. The second kappa shape index (κ2) is 7.35. The van der Waals surface area contributed by atoms with E-state index >= 15 is 4.39 Å². The van der Waals surface area contributed by atoms with Gasteiger partial charge in [-0.05, 0) is 63.3 Å². The van der Waals surface area contributed by atoms with Crippen molar-refractivity contribution in [3.63, 3.8) is 0 Å². The van der Waals surface area contributed by atoms with Crippen molar-refractivity contribution in [3.05, 3.63) is 16.7 Å². The van der Waals surface area contributed by atoms with Crippen LogP contribution in [0.15, 0.2) is 0 Å². The monoisotopic (exact) mass is 475 g/mol. The maximum absolute atomic E-state index is 15.2. The zero-order valence-electron chi connectivity index (χ0n) is 18.6. The van der Waals surface area contributed by atoms with Crippen LogP contribution >= 0.6 is 11.6 Å². The van der Waals surface area contributed by atoms with E-state index in [2.05, 4.69) is 19.8 Å². The summed E-state index contributed by atoms with van der Waals surface area (Å²) in [7, 11) is 0. The topological polar surface area (TPSA) is 54.4 Å². The molecule has 6 nitrogen and oxygen atoms in total. The van der Waals surface area contributed by atoms with E-state index in [1.54, 1.807) is 0 Å². The van der Waals surface area contributed by atoms with Crippen LogP contribution in [0.3, 0.4) is 0 Å². The van der Waals surface area contributed by atoms with Crippen molar-refractivity contribution in [1.82, 2.24) is 19.9 Å². The molecule has 5 atom stereocenters. The van der Waals surface area contributed by atoms with Crippen LogP contribution in [0, 0.1) is 17.7 Å². The molecule has 2 aromatic rings. The summed E-state index contributed by atoms with van der Waals surface area (Å²) in [4.78, 5) is 18.3. The second-order valence-electron chi connectivity index (χ2n) is 10.8. The van der Waals surface area contributed by atoms with Crippen molar-refractivity contribution in [2.24, 2.45) is 11.8 Å². The number of rotatable bonds is 3. The standard InChI is InChI=1S/C24H28ClF2N5O/c25-21-19(27)20-18-16(28-21)4-5-17-14-3-2-13(8-14)10-32(17)22(18)30-23(29-20)33-12-24-6-1-7-31(24)11-15(26)9-24/h13-15,17H,1-12H2/t13-,14+,15+,17+,24-/m0/s1. The first-order valence-electron chi connectivity index (χ1n) is 12.3. The number of alkyl halides is 1. The van der Waals surface area contributed by atoms with Gasteiger partial charge in [0, 0.05) is 25.6 Å². The Bertz CT molecular complexity index is 1130. The Kier molecular flexibility index (Phi) is 4.58. The Morgan fingerprint density at radius 3 is 2.97 bits per heavy atom. The Labute approximate surface area is 196 Å². The number of ether oxygens (including phenoxy) is 1. The molecule has 0 spiro atoms. The molecule has 4 fully saturated rings. The first kappa shape index (κ1) is 20.6. The highest BCUT2D eigenvalue weighted by atomic mass is 35.5. The summed E-state index contributed by atoms with van der Waals surface area (Å²) in [5.74, 6) is 1.41. The first-order chi connectivity index (χ1) is 16.0. The van der Waals surface area contributed by atoms with Gasteiger partial charge in [-0.3, -0.25) is 4.90 Å². The minimum atomic E-state index is -0.828. The molecule has 0 unspecified atom stereocenters. The lowest BCUT2D eigenvalue weighted by atomic mass is 9.88. The molecule has 2 aromatic heterocycles. The maximum atomic E-state index is 15.2. The van der Waals surface area contributed by atoms with Crippen LogP contribution in [0.4, 0.5) is 14.6 Å². The van der Waals surface area contributed by atoms with Gasteiger partial charge in [-0.25, -0.2) is 13.8 Å². The Hall–Kier alpha value is -1.80. The number of fused-ring (bicyclic) bond motifs is 6. The number of aryl methyl sites for hydroxylation is 1. The molecule has 0 amide bonds. The average molecular weight is 476 g/mol. The lowest BCUT2D eigenvalue weighted by molar-refractivity contribution is 0.107. The van der Waals surface area contributed by atoms with E-state index in [0.29, 0.717) is 42.8 Å². The van der Waals surface area contributed by atoms with Crippen molar-refractivity contribution in [2.45, 2.75) is 69.1 Å². The van der Waals surface area contributed by atoms with Gasteiger partial charge < -0.3 is 9.64 Å². The molecule has 1 aliphatic carbocycles. The van der Waals surface area contributed by atoms with Crippen molar-refractivity contribution >= 4 is 28.3 Å². The predicted octanol–water partition coefficient (Wildman–Crippen LogP) is 4.32. The molecule has 3 saturated heterocycles. The van der Waals surface area contributed by atoms with E-state index in [1.807, 2.05) is 0 Å². The van der Waals surface area contributed by atoms with E-state index in [0.717, 1.165) is 50.3 Å². The van der Waals surface area contributed by atoms with E-state index in [1.165, 1.54) is 19.3 Å². The second-order valence-corrected chi connectivity index (χ2v) is 11.1. The Morgan fingerprint density at radius 1 is 1.15 bits per heavy atom. The van der Waals surface area contributed by atoms with Gasteiger partial charge in [-0.2, -0.15) is 9.97 Å². The summed E-state index contributed by atoms with van der Waals surface area (Å²) in [5.41, 5.74) is 0.664. The van der Waals surface area contributed by atoms with Crippen LogP contribution in [-0.4, -0.2) is 63.8 Å². The van der Waals surface area contributed by atoms with Crippen molar-refractivity contribution in [1.29, 1.82) is 0 Å². The van der Waals surface area contributed by atoms with Crippen molar-refractivity contribution in [3.8, 4) is 6.01 Å². The molecule has 4 aliphatic heterocycles. The van der Waals surface area contributed by atoms with Crippen LogP contribution in [0.1, 0.15) is 50.6 Å². The fraction of sp³-hybridized carbons (Fsp3) is 0.708. The summed E-state index contributed by atoms with van der Waals surface area (Å²) in [6.45, 7) is 2.60. The molecule has 33 heavy (non-hydrogen) atoms. The number of anilines is 1. The minimum absolute atomic E-state index is 0.147. The number of aromatic nitrogens is 3. The number of piperidine rings is 1. The summed E-state index contributed by atoms with van der Waals surface area (Å²) in [6, 6.07) is 0.531. The maximum Gasteiger partial charge on any atom is 0.319 e. The first-order valence-corrected chi connectivity index (χ1v) is 12.7. The molecule has 5 aliphatic rings. The summed E-state index contributed by atoms with van der Waals surface area (Å²) in [6.07, 6.45) is 7.04. The Morgan fingerprint density at radius 2 is 2.06 bits per heavy atom. The molecule has 9 heteroatoms. The van der Waals surface area contributed by atoms with Crippen LogP contribution in [0.5, 0.6) is 6.01 Å². The third-order valence-corrected chi connectivity index (χ3v) is 9.19. The van der Waals surface area contributed by atoms with Gasteiger partial charge in [0.25, 0.3) is 0 Å². The molecular formula is C24H28ClF2N5O. The predicted molar refractivity (Wildman–Crippen MR) is 121 cm³/mol. The number of pyridine rings is 1. The molecule has 0 aromatic carbocycles. The van der Waals surface area contributed by atoms with Crippen LogP contribution in [0.25, 0.3) is 10.9 Å². The van der Waals surface area contributed by atoms with E-state index in [4.69, 9.17) is 21.3 Å². The molecule has 1 saturated carbocycles. The lowest BCUT2D eigenvalue weighted by Crippen LogP contribution is -2.46. The summed E-state index contributed by atoms with van der Waals surface area (Å²) in [5, 5.41) is 0.532. The highest BCUT2D eigenvalue weighted by Crippen LogP contribution is 2.47. The SMILES string of the molecule is Fc1c(Cl)nc2c3c(nc(OC[C@@]45CCCN4C[C@H](F)C5)nc13)N1C[C@H]3CC[C@H](C3)[C@H]1CC2. The zero-order chi connectivity index (χ0) is 22.3. The van der Waals surface area contributed by atoms with Gasteiger partial charge >= 0.3 is 6.01 Å². The average Bonchev–Trinajstić information content (AvgIpc) is 3.42. The van der Waals surface area contributed by atoms with E-state index in [9.17, 15) is 4.39 Å². The van der Waals surface area contributed by atoms with Gasteiger partial charge in [0.15, 0.2) is 11.0 Å². The fourth-order valence-electron chi connectivity index (χ4n) is 7.49. The normalized spacial score (nSPS) is 35.1. The van der Waals surface area contributed by atoms with Crippen LogP contribution in [0.2, 0.25) is 5.15 Å². The van der Waals surface area contributed by atoms with Crippen molar-refractivity contribution < 1.29 is 13.5 Å². The minimum Gasteiger partial charge on any atom is -0.461 e. The van der Waals surface area contributed by atoms with Gasteiger partial charge in [-0.15, -0.1) is 0 Å². The highest BCUT2D eigenvalue weighted by molar-refractivity contribution is 6.30. The molecule has 2 bridgehead atoms. The van der Waals surface area contributed by atoms with Gasteiger partial charge in [0.05, 0.1) is 16.6 Å². The highest BCUT2D eigenvalue weighted by Gasteiger charge is 2.49. The van der Waals surface area contributed by atoms with Crippen LogP contribution < -0.4 is 9.64 Å². The van der Waals surface area contributed by atoms with Crippen molar-refractivity contribution in [2.75, 3.05) is 31.1 Å². The third kappa shape index (κ3) is 3.09. The van der Waals surface area contributed by atoms with E-state index in [-0.39, 0.29) is 22.2 Å². The molecule has 0 radical (unpaired) electrons.